The van der Waals surface area contributed by atoms with Gasteiger partial charge in [0, 0.05) is 22.3 Å². The van der Waals surface area contributed by atoms with Crippen molar-refractivity contribution in [3.05, 3.63) is 87.9 Å². The topological polar surface area (TPSA) is 83.2 Å². The Morgan fingerprint density at radius 1 is 1.16 bits per heavy atom. The van der Waals surface area contributed by atoms with Crippen molar-refractivity contribution in [1.82, 2.24) is 9.97 Å². The van der Waals surface area contributed by atoms with E-state index in [2.05, 4.69) is 20.5 Å². The Kier molecular flexibility index (Phi) is 8.11. The molecule has 0 fully saturated rings. The van der Waals surface area contributed by atoms with Crippen LogP contribution in [0.2, 0.25) is 0 Å². The number of nitriles is 1. The molecule has 2 heterocycles. The van der Waals surface area contributed by atoms with Gasteiger partial charge in [-0.05, 0) is 42.3 Å². The molecule has 1 N–H and O–H groups in total. The molecular formula is C26H20F3N5OS2. The van der Waals surface area contributed by atoms with Gasteiger partial charge < -0.3 is 4.74 Å². The van der Waals surface area contributed by atoms with E-state index < -0.39 is 11.9 Å². The Hall–Kier alpha value is -3.88. The van der Waals surface area contributed by atoms with E-state index in [-0.39, 0.29) is 21.9 Å². The number of anilines is 1. The van der Waals surface area contributed by atoms with E-state index in [0.717, 1.165) is 40.2 Å². The fraction of sp³-hybridized carbons (Fsp3) is 0.154. The second kappa shape index (κ2) is 11.5. The number of nitrogens with zero attached hydrogens (tertiary/aromatic N) is 4. The zero-order valence-electron chi connectivity index (χ0n) is 19.7. The summed E-state index contributed by atoms with van der Waals surface area (Å²) in [4.78, 5) is 8.23. The number of aromatic nitrogens is 2. The van der Waals surface area contributed by atoms with Gasteiger partial charge in [0.05, 0.1) is 24.6 Å². The molecule has 0 spiro atoms. The fourth-order valence-corrected chi connectivity index (χ4v) is 5.10. The smallest absolute Gasteiger partial charge is 0.433 e. The van der Waals surface area contributed by atoms with Crippen LogP contribution in [0.4, 0.5) is 18.3 Å². The number of hydrogen-bond acceptors (Lipinski definition) is 8. The maximum atomic E-state index is 13.2. The minimum absolute atomic E-state index is 0.0237. The molecule has 0 saturated carbocycles. The third-order valence-electron chi connectivity index (χ3n) is 5.20. The molecule has 4 aromatic rings. The van der Waals surface area contributed by atoms with Crippen molar-refractivity contribution in [2.75, 3.05) is 12.5 Å². The highest BCUT2D eigenvalue weighted by Crippen LogP contribution is 2.35. The van der Waals surface area contributed by atoms with Crippen LogP contribution in [-0.2, 0) is 11.9 Å². The number of thiazole rings is 1. The average molecular weight is 540 g/mol. The summed E-state index contributed by atoms with van der Waals surface area (Å²) in [5.74, 6) is 0.806. The van der Waals surface area contributed by atoms with Crippen LogP contribution in [0.5, 0.6) is 5.75 Å². The molecular weight excluding hydrogens is 519 g/mol. The minimum Gasteiger partial charge on any atom is -0.496 e. The van der Waals surface area contributed by atoms with Crippen LogP contribution < -0.4 is 10.2 Å². The van der Waals surface area contributed by atoms with Crippen molar-refractivity contribution in [2.24, 2.45) is 5.10 Å². The van der Waals surface area contributed by atoms with E-state index >= 15 is 0 Å². The Labute approximate surface area is 219 Å². The van der Waals surface area contributed by atoms with Crippen LogP contribution in [0.3, 0.4) is 0 Å². The number of halogens is 3. The molecule has 37 heavy (non-hydrogen) atoms. The van der Waals surface area contributed by atoms with Gasteiger partial charge in [-0.15, -0.1) is 23.1 Å². The van der Waals surface area contributed by atoms with Crippen molar-refractivity contribution in [2.45, 2.75) is 23.9 Å². The van der Waals surface area contributed by atoms with Crippen molar-refractivity contribution in [1.29, 1.82) is 5.26 Å². The van der Waals surface area contributed by atoms with E-state index in [1.165, 1.54) is 25.4 Å². The lowest BCUT2D eigenvalue weighted by Gasteiger charge is -2.13. The summed E-state index contributed by atoms with van der Waals surface area (Å²) in [6, 6.07) is 18.0. The lowest BCUT2D eigenvalue weighted by molar-refractivity contribution is -0.141. The van der Waals surface area contributed by atoms with Crippen LogP contribution in [0.25, 0.3) is 11.3 Å². The molecule has 0 bridgehead atoms. The number of pyridine rings is 1. The number of hydrazone groups is 1. The molecule has 0 aliphatic heterocycles. The molecule has 4 rings (SSSR count). The molecule has 11 heteroatoms. The summed E-state index contributed by atoms with van der Waals surface area (Å²) in [5, 5.41) is 16.3. The second-order valence-corrected chi connectivity index (χ2v) is 9.57. The molecule has 0 unspecified atom stereocenters. The molecule has 0 radical (unpaired) electrons. The van der Waals surface area contributed by atoms with Crippen LogP contribution >= 0.6 is 23.1 Å². The van der Waals surface area contributed by atoms with Gasteiger partial charge in [0.1, 0.15) is 22.5 Å². The number of aryl methyl sites for hydroxylation is 1. The van der Waals surface area contributed by atoms with Crippen LogP contribution in [0.1, 0.15) is 27.9 Å². The van der Waals surface area contributed by atoms with Gasteiger partial charge in [0.15, 0.2) is 0 Å². The van der Waals surface area contributed by atoms with E-state index in [1.54, 1.807) is 12.3 Å². The van der Waals surface area contributed by atoms with Crippen LogP contribution in [0, 0.1) is 18.3 Å². The highest BCUT2D eigenvalue weighted by Gasteiger charge is 2.34. The molecule has 0 atom stereocenters. The monoisotopic (exact) mass is 539 g/mol. The Morgan fingerprint density at radius 2 is 1.95 bits per heavy atom. The molecule has 0 aliphatic carbocycles. The number of ether oxygens (including phenoxy) is 1. The van der Waals surface area contributed by atoms with Gasteiger partial charge in [-0.1, -0.05) is 30.3 Å². The Balaban J connectivity index is 1.49. The highest BCUT2D eigenvalue weighted by atomic mass is 32.2. The predicted octanol–water partition coefficient (Wildman–Crippen LogP) is 7.15. The normalized spacial score (nSPS) is 11.5. The first-order chi connectivity index (χ1) is 17.8. The van der Waals surface area contributed by atoms with Gasteiger partial charge in [-0.25, -0.2) is 9.97 Å². The quantitative estimate of drug-likeness (QED) is 0.145. The number of rotatable bonds is 8. The molecule has 0 aliphatic rings. The van der Waals surface area contributed by atoms with Gasteiger partial charge in [0.25, 0.3) is 0 Å². The molecule has 188 valence electrons. The molecule has 6 nitrogen and oxygen atoms in total. The molecule has 2 aromatic carbocycles. The number of nitrogens with one attached hydrogen (secondary N) is 1. The summed E-state index contributed by atoms with van der Waals surface area (Å²) >= 11 is 2.48. The van der Waals surface area contributed by atoms with Crippen LogP contribution in [-0.4, -0.2) is 23.3 Å². The number of benzene rings is 2. The van der Waals surface area contributed by atoms with E-state index in [9.17, 15) is 18.4 Å². The van der Waals surface area contributed by atoms with E-state index in [4.69, 9.17) is 4.74 Å². The molecule has 0 saturated heterocycles. The largest absolute Gasteiger partial charge is 0.496 e. The Morgan fingerprint density at radius 3 is 2.65 bits per heavy atom. The number of hydrogen-bond donors (Lipinski definition) is 1. The van der Waals surface area contributed by atoms with Crippen LogP contribution in [0.15, 0.2) is 70.1 Å². The summed E-state index contributed by atoms with van der Waals surface area (Å²) in [6.45, 7) is 1.47. The number of alkyl halides is 3. The predicted molar refractivity (Wildman–Crippen MR) is 140 cm³/mol. The number of methoxy groups -OCH3 is 1. The first-order valence-corrected chi connectivity index (χ1v) is 12.7. The first kappa shape index (κ1) is 26.2. The fourth-order valence-electron chi connectivity index (χ4n) is 3.40. The number of thioether (sulfide) groups is 1. The maximum Gasteiger partial charge on any atom is 0.433 e. The lowest BCUT2D eigenvalue weighted by Crippen LogP contribution is -2.10. The van der Waals surface area contributed by atoms with Crippen molar-refractivity contribution < 1.29 is 17.9 Å². The van der Waals surface area contributed by atoms with E-state index in [0.29, 0.717) is 10.9 Å². The maximum absolute atomic E-state index is 13.2. The van der Waals surface area contributed by atoms with Gasteiger partial charge >= 0.3 is 6.18 Å². The molecule has 2 aromatic heterocycles. The average Bonchev–Trinajstić information content (AvgIpc) is 3.36. The zero-order chi connectivity index (χ0) is 26.4. The Bertz CT molecular complexity index is 1460. The van der Waals surface area contributed by atoms with E-state index in [1.807, 2.05) is 53.9 Å². The second-order valence-electron chi connectivity index (χ2n) is 7.75. The van der Waals surface area contributed by atoms with Crippen molar-refractivity contribution in [3.8, 4) is 23.1 Å². The summed E-state index contributed by atoms with van der Waals surface area (Å²) in [5.41, 5.74) is 5.57. The summed E-state index contributed by atoms with van der Waals surface area (Å²) in [6.07, 6.45) is -2.99. The lowest BCUT2D eigenvalue weighted by atomic mass is 10.1. The minimum atomic E-state index is -4.60. The third kappa shape index (κ3) is 6.47. The van der Waals surface area contributed by atoms with Crippen molar-refractivity contribution in [3.63, 3.8) is 0 Å². The summed E-state index contributed by atoms with van der Waals surface area (Å²) in [7, 11) is 1.51. The SMILES string of the molecule is COc1ccc(C=NNc2nc(-c3ccccc3)cs2)cc1CSc1nc(C(F)(F)F)cc(C)c1C#N. The van der Waals surface area contributed by atoms with Gasteiger partial charge in [-0.2, -0.15) is 23.5 Å². The summed E-state index contributed by atoms with van der Waals surface area (Å²) < 4.78 is 45.2. The van der Waals surface area contributed by atoms with Gasteiger partial charge in [-0.3, -0.25) is 5.43 Å². The third-order valence-corrected chi connectivity index (χ3v) is 6.97. The van der Waals surface area contributed by atoms with Gasteiger partial charge in [0.2, 0.25) is 5.13 Å². The zero-order valence-corrected chi connectivity index (χ0v) is 21.3. The standard InChI is InChI=1S/C26H20F3N5OS2/c1-16-10-23(26(27,28)29)33-24(20(16)12-30)36-14-19-11-17(8-9-22(19)35-2)13-31-34-25-32-21(15-37-25)18-6-4-3-5-7-18/h3-11,13,15H,14H2,1-2H3,(H,32,34). The first-order valence-electron chi connectivity index (χ1n) is 10.9. The highest BCUT2D eigenvalue weighted by molar-refractivity contribution is 7.98. The molecule has 0 amide bonds. The van der Waals surface area contributed by atoms with Crippen molar-refractivity contribution >= 4 is 34.4 Å².